The fourth-order valence-corrected chi connectivity index (χ4v) is 2.98. The second-order valence-corrected chi connectivity index (χ2v) is 4.94. The molecule has 1 unspecified atom stereocenters. The number of fused-ring (bicyclic) bond motifs is 1. The van der Waals surface area contributed by atoms with Crippen molar-refractivity contribution in [3.05, 3.63) is 5.69 Å². The predicted molar refractivity (Wildman–Crippen MR) is 57.1 cm³/mol. The summed E-state index contributed by atoms with van der Waals surface area (Å²) in [5.41, 5.74) is 1.46. The van der Waals surface area contributed by atoms with Gasteiger partial charge in [-0.3, -0.25) is 13.7 Å². The number of carbonyl (C=O) groups excluding carboxylic acids is 1. The van der Waals surface area contributed by atoms with Crippen LogP contribution in [0.5, 0.6) is 0 Å². The van der Waals surface area contributed by atoms with Crippen LogP contribution in [0, 0.1) is 0 Å². The Labute approximate surface area is 90.3 Å². The Kier molecular flexibility index (Phi) is 2.60. The van der Waals surface area contributed by atoms with Gasteiger partial charge in [0.2, 0.25) is 5.91 Å². The van der Waals surface area contributed by atoms with Gasteiger partial charge in [0.15, 0.2) is 0 Å². The largest absolute Gasteiger partial charge is 0.322 e. The number of carbonyl (C=O) groups is 1. The van der Waals surface area contributed by atoms with Crippen molar-refractivity contribution in [3.63, 3.8) is 0 Å². The van der Waals surface area contributed by atoms with Crippen LogP contribution in [0.25, 0.3) is 0 Å². The second-order valence-electron chi connectivity index (χ2n) is 3.45. The van der Waals surface area contributed by atoms with Crippen LogP contribution >= 0.6 is 0 Å². The number of aryl methyl sites for hydroxylation is 2. The summed E-state index contributed by atoms with van der Waals surface area (Å²) >= 11 is 0. The van der Waals surface area contributed by atoms with Gasteiger partial charge in [0, 0.05) is 19.2 Å². The minimum Gasteiger partial charge on any atom is -0.322 e. The average molecular weight is 227 g/mol. The fourth-order valence-electron chi connectivity index (χ4n) is 1.68. The van der Waals surface area contributed by atoms with Crippen molar-refractivity contribution in [2.45, 2.75) is 24.8 Å². The Morgan fingerprint density at radius 3 is 3.00 bits per heavy atom. The third-order valence-electron chi connectivity index (χ3n) is 2.40. The molecule has 1 aromatic rings. The summed E-state index contributed by atoms with van der Waals surface area (Å²) in [5.74, 6) is 0.298. The molecule has 1 aliphatic heterocycles. The maximum atomic E-state index is 11.9. The molecule has 1 atom stereocenters. The van der Waals surface area contributed by atoms with Gasteiger partial charge in [-0.25, -0.2) is 0 Å². The lowest BCUT2D eigenvalue weighted by atomic mass is 10.3. The summed E-state index contributed by atoms with van der Waals surface area (Å²) in [6.45, 7) is 1.96. The number of hydrogen-bond acceptors (Lipinski definition) is 3. The van der Waals surface area contributed by atoms with E-state index >= 15 is 0 Å². The lowest BCUT2D eigenvalue weighted by Gasteiger charge is -2.01. The smallest absolute Gasteiger partial charge is 0.225 e. The number of anilines is 1. The van der Waals surface area contributed by atoms with Gasteiger partial charge in [-0.2, -0.15) is 5.10 Å². The van der Waals surface area contributed by atoms with Gasteiger partial charge in [-0.15, -0.1) is 0 Å². The topological polar surface area (TPSA) is 64.0 Å². The van der Waals surface area contributed by atoms with Crippen LogP contribution in [0.3, 0.4) is 0 Å². The zero-order valence-electron chi connectivity index (χ0n) is 8.74. The molecule has 1 aromatic heterocycles. The zero-order valence-corrected chi connectivity index (χ0v) is 9.56. The zero-order chi connectivity index (χ0) is 11.0. The van der Waals surface area contributed by atoms with E-state index in [2.05, 4.69) is 10.4 Å². The van der Waals surface area contributed by atoms with E-state index in [0.29, 0.717) is 22.9 Å². The number of aromatic nitrogens is 2. The Bertz CT molecular complexity index is 439. The minimum absolute atomic E-state index is 0.0789. The Morgan fingerprint density at radius 1 is 1.60 bits per heavy atom. The van der Waals surface area contributed by atoms with E-state index in [0.717, 1.165) is 12.1 Å². The van der Waals surface area contributed by atoms with Crippen molar-refractivity contribution < 1.29 is 9.00 Å². The maximum Gasteiger partial charge on any atom is 0.225 e. The highest BCUT2D eigenvalue weighted by Crippen LogP contribution is 2.27. The molecular formula is C9H13N3O2S. The molecule has 1 aliphatic rings. The quantitative estimate of drug-likeness (QED) is 0.756. The molecule has 15 heavy (non-hydrogen) atoms. The monoisotopic (exact) mass is 227 g/mol. The van der Waals surface area contributed by atoms with Crippen LogP contribution in [0.1, 0.15) is 19.0 Å². The number of amides is 1. The fraction of sp³-hybridized carbons (Fsp3) is 0.556. The van der Waals surface area contributed by atoms with Crippen molar-refractivity contribution >= 4 is 22.4 Å². The molecule has 0 fully saturated rings. The molecule has 0 aliphatic carbocycles. The van der Waals surface area contributed by atoms with Crippen molar-refractivity contribution in [2.24, 2.45) is 7.05 Å². The third-order valence-corrected chi connectivity index (χ3v) is 3.87. The summed E-state index contributed by atoms with van der Waals surface area (Å²) in [6.07, 6.45) is 1.03. The molecule has 1 amide bonds. The van der Waals surface area contributed by atoms with E-state index in [4.69, 9.17) is 0 Å². The Balaban J connectivity index is 2.58. The molecule has 6 heteroatoms. The van der Waals surface area contributed by atoms with Crippen LogP contribution in [-0.2, 0) is 29.1 Å². The molecule has 1 N–H and O–H groups in total. The summed E-state index contributed by atoms with van der Waals surface area (Å²) in [5, 5.41) is 7.66. The van der Waals surface area contributed by atoms with Gasteiger partial charge in [0.25, 0.3) is 0 Å². The van der Waals surface area contributed by atoms with Crippen LogP contribution in [-0.4, -0.2) is 25.6 Å². The molecule has 2 rings (SSSR count). The summed E-state index contributed by atoms with van der Waals surface area (Å²) in [7, 11) is 0.629. The van der Waals surface area contributed by atoms with Gasteiger partial charge in [-0.1, -0.05) is 6.92 Å². The van der Waals surface area contributed by atoms with Gasteiger partial charge in [0.1, 0.15) is 5.03 Å². The molecule has 0 radical (unpaired) electrons. The van der Waals surface area contributed by atoms with Gasteiger partial charge < -0.3 is 5.32 Å². The van der Waals surface area contributed by atoms with E-state index < -0.39 is 10.8 Å². The molecule has 0 saturated carbocycles. The van der Waals surface area contributed by atoms with E-state index in [-0.39, 0.29) is 5.91 Å². The van der Waals surface area contributed by atoms with E-state index in [1.807, 2.05) is 6.92 Å². The lowest BCUT2D eigenvalue weighted by Crippen LogP contribution is -2.11. The standard InChI is InChI=1S/C9H13N3O2S/c1-3-6-8-9(12(2)11-6)15(14)5-4-7(13)10-8/h3-5H2,1-2H3,(H,10,13). The number of nitrogens with one attached hydrogen (secondary N) is 1. The average Bonchev–Trinajstić information content (AvgIpc) is 2.42. The molecule has 0 aromatic carbocycles. The van der Waals surface area contributed by atoms with Crippen molar-refractivity contribution in [1.82, 2.24) is 9.78 Å². The van der Waals surface area contributed by atoms with Crippen LogP contribution in [0.15, 0.2) is 5.03 Å². The molecule has 0 spiro atoms. The normalized spacial score (nSPS) is 20.7. The van der Waals surface area contributed by atoms with Crippen molar-refractivity contribution in [3.8, 4) is 0 Å². The van der Waals surface area contributed by atoms with E-state index in [1.165, 1.54) is 0 Å². The predicted octanol–water partition coefficient (Wildman–Crippen LogP) is 0.432. The molecule has 82 valence electrons. The van der Waals surface area contributed by atoms with Crippen LogP contribution < -0.4 is 5.32 Å². The molecule has 0 bridgehead atoms. The van der Waals surface area contributed by atoms with E-state index in [9.17, 15) is 9.00 Å². The van der Waals surface area contributed by atoms with Crippen LogP contribution in [0.2, 0.25) is 0 Å². The maximum absolute atomic E-state index is 11.9. The molecule has 2 heterocycles. The first kappa shape index (κ1) is 10.4. The first-order chi connectivity index (χ1) is 7.13. The number of rotatable bonds is 1. The third kappa shape index (κ3) is 1.69. The highest BCUT2D eigenvalue weighted by Gasteiger charge is 2.25. The van der Waals surface area contributed by atoms with Gasteiger partial charge >= 0.3 is 0 Å². The first-order valence-electron chi connectivity index (χ1n) is 4.87. The van der Waals surface area contributed by atoms with Gasteiger partial charge in [-0.05, 0) is 6.42 Å². The minimum atomic E-state index is -1.13. The van der Waals surface area contributed by atoms with Gasteiger partial charge in [0.05, 0.1) is 22.2 Å². The summed E-state index contributed by atoms with van der Waals surface area (Å²) in [6, 6.07) is 0. The molecule has 5 nitrogen and oxygen atoms in total. The lowest BCUT2D eigenvalue weighted by molar-refractivity contribution is -0.115. The SMILES string of the molecule is CCc1nn(C)c2c1NC(=O)CCS2=O. The summed E-state index contributed by atoms with van der Waals surface area (Å²) < 4.78 is 13.5. The van der Waals surface area contributed by atoms with Crippen molar-refractivity contribution in [2.75, 3.05) is 11.1 Å². The second kappa shape index (κ2) is 3.77. The van der Waals surface area contributed by atoms with E-state index in [1.54, 1.807) is 11.7 Å². The number of hydrogen-bond donors (Lipinski definition) is 1. The summed E-state index contributed by atoms with van der Waals surface area (Å²) in [4.78, 5) is 11.4. The Morgan fingerprint density at radius 2 is 2.33 bits per heavy atom. The Hall–Kier alpha value is -1.17. The highest BCUT2D eigenvalue weighted by molar-refractivity contribution is 7.85. The van der Waals surface area contributed by atoms with Crippen LogP contribution in [0.4, 0.5) is 5.69 Å². The highest BCUT2D eigenvalue weighted by atomic mass is 32.2. The first-order valence-corrected chi connectivity index (χ1v) is 6.19. The molecular weight excluding hydrogens is 214 g/mol. The molecule has 0 saturated heterocycles. The number of nitrogens with zero attached hydrogens (tertiary/aromatic N) is 2. The van der Waals surface area contributed by atoms with Crippen molar-refractivity contribution in [1.29, 1.82) is 0 Å².